The van der Waals surface area contributed by atoms with Crippen LogP contribution in [-0.4, -0.2) is 35.1 Å². The molecule has 0 aromatic heterocycles. The van der Waals surface area contributed by atoms with E-state index in [0.29, 0.717) is 25.0 Å². The summed E-state index contributed by atoms with van der Waals surface area (Å²) in [6.07, 6.45) is 2.51. The van der Waals surface area contributed by atoms with Crippen LogP contribution < -0.4 is 20.1 Å². The quantitative estimate of drug-likeness (QED) is 0.420. The second-order valence-electron chi connectivity index (χ2n) is 7.50. The van der Waals surface area contributed by atoms with Crippen LogP contribution in [0.2, 0.25) is 0 Å². The number of ether oxygens (including phenoxy) is 1. The normalized spacial score (nSPS) is 14.4. The lowest BCUT2D eigenvalue weighted by atomic mass is 10.1. The van der Waals surface area contributed by atoms with Crippen LogP contribution in [0.15, 0.2) is 52.4 Å². The van der Waals surface area contributed by atoms with Gasteiger partial charge in [-0.1, -0.05) is 24.3 Å². The zero-order valence-corrected chi connectivity index (χ0v) is 18.6. The van der Waals surface area contributed by atoms with E-state index in [1.807, 2.05) is 6.07 Å². The Bertz CT molecular complexity index is 1000. The van der Waals surface area contributed by atoms with Crippen LogP contribution in [0.5, 0.6) is 5.75 Å². The molecule has 1 saturated carbocycles. The van der Waals surface area contributed by atoms with Crippen LogP contribution in [0.3, 0.4) is 0 Å². The highest BCUT2D eigenvalue weighted by Gasteiger charge is 2.22. The highest BCUT2D eigenvalue weighted by molar-refractivity contribution is 7.89. The van der Waals surface area contributed by atoms with Gasteiger partial charge in [0, 0.05) is 25.7 Å². The van der Waals surface area contributed by atoms with Crippen LogP contribution in [0.4, 0.5) is 0 Å². The molecule has 1 aliphatic carbocycles. The fourth-order valence-corrected chi connectivity index (χ4v) is 3.76. The molecule has 30 heavy (non-hydrogen) atoms. The molecule has 0 radical (unpaired) electrons. The number of aliphatic imine (C=N–C) groups is 1. The molecule has 0 spiro atoms. The van der Waals surface area contributed by atoms with Crippen molar-refractivity contribution in [3.63, 3.8) is 0 Å². The van der Waals surface area contributed by atoms with Crippen molar-refractivity contribution in [3.05, 3.63) is 59.2 Å². The van der Waals surface area contributed by atoms with E-state index in [1.165, 1.54) is 25.5 Å². The van der Waals surface area contributed by atoms with Crippen molar-refractivity contribution in [2.75, 3.05) is 20.7 Å². The van der Waals surface area contributed by atoms with E-state index >= 15 is 0 Å². The van der Waals surface area contributed by atoms with Crippen molar-refractivity contribution in [3.8, 4) is 5.75 Å². The number of aryl methyl sites for hydroxylation is 1. The summed E-state index contributed by atoms with van der Waals surface area (Å²) >= 11 is 0. The number of rotatable bonds is 9. The highest BCUT2D eigenvalue weighted by atomic mass is 32.2. The summed E-state index contributed by atoms with van der Waals surface area (Å²) in [5.74, 6) is 2.24. The zero-order valence-electron chi connectivity index (χ0n) is 17.7. The molecule has 0 atom stereocenters. The summed E-state index contributed by atoms with van der Waals surface area (Å²) in [6, 6.07) is 13.0. The molecule has 8 heteroatoms. The molecular weight excluding hydrogens is 400 g/mol. The summed E-state index contributed by atoms with van der Waals surface area (Å²) in [6.45, 7) is 3.86. The van der Waals surface area contributed by atoms with Crippen LogP contribution in [0.25, 0.3) is 0 Å². The maximum Gasteiger partial charge on any atom is 0.240 e. The second-order valence-corrected chi connectivity index (χ2v) is 9.39. The zero-order chi connectivity index (χ0) is 21.6. The Hall–Kier alpha value is -2.58. The van der Waals surface area contributed by atoms with Crippen LogP contribution in [0.1, 0.15) is 29.5 Å². The lowest BCUT2D eigenvalue weighted by molar-refractivity contribution is 0.296. The summed E-state index contributed by atoms with van der Waals surface area (Å²) in [5.41, 5.74) is 3.09. The Balaban J connectivity index is 1.58. The van der Waals surface area contributed by atoms with Gasteiger partial charge in [0.25, 0.3) is 0 Å². The van der Waals surface area contributed by atoms with Crippen LogP contribution in [0, 0.1) is 12.8 Å². The molecule has 0 saturated heterocycles. The lowest BCUT2D eigenvalue weighted by Gasteiger charge is -2.16. The van der Waals surface area contributed by atoms with Gasteiger partial charge >= 0.3 is 0 Å². The Morgan fingerprint density at radius 2 is 1.90 bits per heavy atom. The molecule has 0 bridgehead atoms. The molecule has 0 heterocycles. The third-order valence-corrected chi connectivity index (χ3v) is 6.41. The number of nitrogens with one attached hydrogen (secondary N) is 3. The van der Waals surface area contributed by atoms with Crippen LogP contribution >= 0.6 is 0 Å². The van der Waals surface area contributed by atoms with Crippen molar-refractivity contribution in [2.24, 2.45) is 10.9 Å². The first-order chi connectivity index (χ1) is 14.4. The van der Waals surface area contributed by atoms with Crippen molar-refractivity contribution in [2.45, 2.75) is 37.8 Å². The third kappa shape index (κ3) is 6.21. The van der Waals surface area contributed by atoms with Gasteiger partial charge in [0.1, 0.15) is 5.75 Å². The van der Waals surface area contributed by atoms with Gasteiger partial charge in [0.15, 0.2) is 5.96 Å². The van der Waals surface area contributed by atoms with Crippen molar-refractivity contribution in [1.82, 2.24) is 15.4 Å². The first kappa shape index (κ1) is 22.1. The summed E-state index contributed by atoms with van der Waals surface area (Å²) in [7, 11) is -0.356. The molecule has 0 aliphatic heterocycles. The van der Waals surface area contributed by atoms with Gasteiger partial charge in [0.2, 0.25) is 10.0 Å². The SMILES string of the molecule is CN=C(NCc1cccc(S(=O)(=O)NC)c1)NCc1ccc(C)cc1OCC1CC1. The van der Waals surface area contributed by atoms with Gasteiger partial charge < -0.3 is 15.4 Å². The first-order valence-electron chi connectivity index (χ1n) is 10.1. The largest absolute Gasteiger partial charge is 0.493 e. The summed E-state index contributed by atoms with van der Waals surface area (Å²) in [4.78, 5) is 4.50. The van der Waals surface area contributed by atoms with E-state index in [9.17, 15) is 8.42 Å². The standard InChI is InChI=1S/C22H30N4O3S/c1-16-7-10-19(21(11-16)29-15-17-8-9-17)14-26-22(23-2)25-13-18-5-4-6-20(12-18)30(27,28)24-3/h4-7,10-12,17,24H,8-9,13-15H2,1-3H3,(H2,23,25,26). The lowest BCUT2D eigenvalue weighted by Crippen LogP contribution is -2.36. The molecule has 162 valence electrons. The molecular formula is C22H30N4O3S. The van der Waals surface area contributed by atoms with Gasteiger partial charge in [-0.2, -0.15) is 0 Å². The monoisotopic (exact) mass is 430 g/mol. The van der Waals surface area contributed by atoms with Gasteiger partial charge in [-0.3, -0.25) is 4.99 Å². The van der Waals surface area contributed by atoms with Gasteiger partial charge in [-0.05, 0) is 62.1 Å². The van der Waals surface area contributed by atoms with Crippen molar-refractivity contribution in [1.29, 1.82) is 0 Å². The first-order valence-corrected chi connectivity index (χ1v) is 11.6. The number of nitrogens with zero attached hydrogens (tertiary/aromatic N) is 1. The Morgan fingerprint density at radius 1 is 1.13 bits per heavy atom. The topological polar surface area (TPSA) is 91.8 Å². The smallest absolute Gasteiger partial charge is 0.240 e. The third-order valence-electron chi connectivity index (χ3n) is 5.00. The average molecular weight is 431 g/mol. The maximum atomic E-state index is 12.0. The molecule has 0 amide bonds. The average Bonchev–Trinajstić information content (AvgIpc) is 3.58. The number of benzene rings is 2. The molecule has 3 rings (SSSR count). The van der Waals surface area contributed by atoms with E-state index in [2.05, 4.69) is 45.5 Å². The predicted octanol–water partition coefficient (Wildman–Crippen LogP) is 2.56. The Morgan fingerprint density at radius 3 is 2.60 bits per heavy atom. The van der Waals surface area contributed by atoms with Gasteiger partial charge in [0.05, 0.1) is 11.5 Å². The van der Waals surface area contributed by atoms with Crippen molar-refractivity contribution >= 4 is 16.0 Å². The van der Waals surface area contributed by atoms with E-state index in [0.717, 1.165) is 23.5 Å². The second kappa shape index (κ2) is 9.95. The van der Waals surface area contributed by atoms with E-state index < -0.39 is 10.0 Å². The Labute approximate surface area is 179 Å². The van der Waals surface area contributed by atoms with E-state index in [-0.39, 0.29) is 4.90 Å². The molecule has 0 unspecified atom stereocenters. The summed E-state index contributed by atoms with van der Waals surface area (Å²) < 4.78 is 32.3. The minimum atomic E-state index is -3.46. The fourth-order valence-electron chi connectivity index (χ4n) is 2.96. The molecule has 7 nitrogen and oxygen atoms in total. The maximum absolute atomic E-state index is 12.0. The van der Waals surface area contributed by atoms with Gasteiger partial charge in [-0.25, -0.2) is 13.1 Å². The fraction of sp³-hybridized carbons (Fsp3) is 0.409. The molecule has 2 aromatic carbocycles. The molecule has 3 N–H and O–H groups in total. The van der Waals surface area contributed by atoms with Crippen LogP contribution in [-0.2, 0) is 23.1 Å². The number of hydrogen-bond acceptors (Lipinski definition) is 4. The summed E-state index contributed by atoms with van der Waals surface area (Å²) in [5, 5.41) is 6.53. The van der Waals surface area contributed by atoms with Gasteiger partial charge in [-0.15, -0.1) is 0 Å². The molecule has 1 aliphatic rings. The number of sulfonamides is 1. The minimum Gasteiger partial charge on any atom is -0.493 e. The number of guanidine groups is 1. The molecule has 2 aromatic rings. The van der Waals surface area contributed by atoms with E-state index in [1.54, 1.807) is 25.2 Å². The number of hydrogen-bond donors (Lipinski definition) is 3. The van der Waals surface area contributed by atoms with E-state index in [4.69, 9.17) is 4.74 Å². The van der Waals surface area contributed by atoms with Crippen molar-refractivity contribution < 1.29 is 13.2 Å². The Kier molecular flexibility index (Phi) is 7.33. The molecule has 1 fully saturated rings. The predicted molar refractivity (Wildman–Crippen MR) is 119 cm³/mol. The minimum absolute atomic E-state index is 0.240. The highest BCUT2D eigenvalue weighted by Crippen LogP contribution is 2.30.